The second-order valence-corrected chi connectivity index (χ2v) is 11.0. The number of aliphatic hydroxyl groups excluding tert-OH is 3. The first-order valence-electron chi connectivity index (χ1n) is 14.6. The van der Waals surface area contributed by atoms with Gasteiger partial charge in [0.05, 0.1) is 38.1 Å². The molecule has 1 aliphatic carbocycles. The minimum Gasteiger partial charge on any atom is -0.497 e. The van der Waals surface area contributed by atoms with Crippen molar-refractivity contribution < 1.29 is 34.0 Å². The van der Waals surface area contributed by atoms with Crippen LogP contribution in [0, 0.1) is 5.92 Å². The molecule has 1 heterocycles. The van der Waals surface area contributed by atoms with Gasteiger partial charge >= 0.3 is 0 Å². The van der Waals surface area contributed by atoms with E-state index in [2.05, 4.69) is 10.2 Å². The number of ether oxygens (including phenoxy) is 2. The molecule has 0 spiro atoms. The Morgan fingerprint density at radius 2 is 1.95 bits per heavy atom. The first kappa shape index (κ1) is 32.2. The third kappa shape index (κ3) is 10.3. The van der Waals surface area contributed by atoms with E-state index in [1.54, 1.807) is 7.11 Å². The number of rotatable bonds is 17. The van der Waals surface area contributed by atoms with Crippen LogP contribution in [0.5, 0.6) is 5.75 Å². The van der Waals surface area contributed by atoms with Gasteiger partial charge in [-0.15, -0.1) is 0 Å². The van der Waals surface area contributed by atoms with Gasteiger partial charge in [0.15, 0.2) is 0 Å². The van der Waals surface area contributed by atoms with Gasteiger partial charge in [0.1, 0.15) is 11.9 Å². The second kappa shape index (κ2) is 16.8. The topological polar surface area (TPSA) is 111 Å². The van der Waals surface area contributed by atoms with Crippen LogP contribution in [0.3, 0.4) is 0 Å². The highest BCUT2D eigenvalue weighted by atomic mass is 19.1. The van der Waals surface area contributed by atoms with E-state index in [1.807, 2.05) is 49.4 Å². The molecule has 0 bridgehead atoms. The number of halogens is 1. The van der Waals surface area contributed by atoms with Crippen molar-refractivity contribution in [2.45, 2.75) is 82.3 Å². The Balaban J connectivity index is 1.51. The molecular weight excluding hydrogens is 515 g/mol. The Hall–Kier alpha value is -2.30. The molecular formula is C31H47FN2O6. The maximum Gasteiger partial charge on any atom is 0.220 e. The highest BCUT2D eigenvalue weighted by molar-refractivity contribution is 5.76. The van der Waals surface area contributed by atoms with Crippen LogP contribution in [0.15, 0.2) is 48.1 Å². The molecule has 3 unspecified atom stereocenters. The number of amides is 1. The Morgan fingerprint density at radius 3 is 2.60 bits per heavy atom. The zero-order chi connectivity index (χ0) is 28.9. The number of methoxy groups -OCH3 is 1. The predicted octanol–water partition coefficient (Wildman–Crippen LogP) is 3.47. The molecule has 1 aromatic rings. The van der Waals surface area contributed by atoms with Crippen LogP contribution in [0.4, 0.5) is 4.39 Å². The highest BCUT2D eigenvalue weighted by Gasteiger charge is 2.31. The zero-order valence-electron chi connectivity index (χ0n) is 23.9. The smallest absolute Gasteiger partial charge is 0.220 e. The molecule has 6 atom stereocenters. The fourth-order valence-electron chi connectivity index (χ4n) is 5.26. The molecule has 40 heavy (non-hydrogen) atoms. The third-order valence-corrected chi connectivity index (χ3v) is 7.69. The normalized spacial score (nSPS) is 23.4. The van der Waals surface area contributed by atoms with Crippen molar-refractivity contribution in [3.8, 4) is 5.75 Å². The summed E-state index contributed by atoms with van der Waals surface area (Å²) < 4.78 is 23.4. The average molecular weight is 563 g/mol. The SMILES string of the molecule is COc1ccc(C(O)CCCCC(=O)N[C@H](CN2CC[C@H](O)C2)[C@H](O)C2=CC(C)C(OCCCCF)C=C2)cc1. The number of benzene rings is 1. The number of nitrogens with one attached hydrogen (secondary N) is 1. The summed E-state index contributed by atoms with van der Waals surface area (Å²) in [5.74, 6) is 0.618. The molecule has 8 nitrogen and oxygen atoms in total. The van der Waals surface area contributed by atoms with Crippen molar-refractivity contribution in [1.29, 1.82) is 0 Å². The molecule has 2 aliphatic rings. The number of hydrogen-bond acceptors (Lipinski definition) is 7. The lowest BCUT2D eigenvalue weighted by atomic mass is 9.90. The number of β-amino-alcohol motifs (C(OH)–C–C–N with tert-alkyl or cyclic N) is 1. The van der Waals surface area contributed by atoms with Gasteiger partial charge in [-0.3, -0.25) is 14.1 Å². The molecule has 1 fully saturated rings. The van der Waals surface area contributed by atoms with Crippen LogP contribution in [0.1, 0.15) is 63.5 Å². The molecule has 0 aromatic heterocycles. The van der Waals surface area contributed by atoms with Crippen LogP contribution in [-0.4, -0.2) is 90.5 Å². The number of carbonyl (C=O) groups excluding carboxylic acids is 1. The van der Waals surface area contributed by atoms with E-state index < -0.39 is 24.4 Å². The van der Waals surface area contributed by atoms with Crippen LogP contribution in [0.2, 0.25) is 0 Å². The number of likely N-dealkylation sites (tertiary alicyclic amines) is 1. The minimum atomic E-state index is -0.912. The maximum absolute atomic E-state index is 12.9. The number of nitrogens with zero attached hydrogens (tertiary/aromatic N) is 1. The van der Waals surface area contributed by atoms with Crippen molar-refractivity contribution in [2.24, 2.45) is 5.92 Å². The molecule has 4 N–H and O–H groups in total. The first-order valence-corrected chi connectivity index (χ1v) is 14.6. The number of aliphatic hydroxyl groups is 3. The standard InChI is InChI=1S/C31H47FN2O6/c1-22-19-24(11-14-29(22)40-18-6-5-16-32)31(38)27(21-34-17-15-25(35)20-34)33-30(37)8-4-3-7-28(36)23-9-12-26(39-2)13-10-23/h9-14,19,22,25,27-29,31,35-36,38H,3-8,15-18,20-21H2,1-2H3,(H,33,37)/t22?,25-,27+,28?,29?,31+/m0/s1. The van der Waals surface area contributed by atoms with Crippen molar-refractivity contribution in [2.75, 3.05) is 40.0 Å². The summed E-state index contributed by atoms with van der Waals surface area (Å²) in [4.78, 5) is 15.0. The van der Waals surface area contributed by atoms with Crippen LogP contribution < -0.4 is 10.1 Å². The quantitative estimate of drug-likeness (QED) is 0.215. The maximum atomic E-state index is 12.9. The summed E-state index contributed by atoms with van der Waals surface area (Å²) in [5, 5.41) is 34.8. The molecule has 1 saturated heterocycles. The summed E-state index contributed by atoms with van der Waals surface area (Å²) in [6.07, 6.45) is 7.68. The molecule has 0 radical (unpaired) electrons. The van der Waals surface area contributed by atoms with E-state index in [1.165, 1.54) is 0 Å². The van der Waals surface area contributed by atoms with Crippen molar-refractivity contribution in [1.82, 2.24) is 10.2 Å². The van der Waals surface area contributed by atoms with Crippen LogP contribution in [0.25, 0.3) is 0 Å². The Labute approximate surface area is 237 Å². The molecule has 1 aromatic carbocycles. The summed E-state index contributed by atoms with van der Waals surface area (Å²) in [7, 11) is 1.60. The molecule has 224 valence electrons. The lowest BCUT2D eigenvalue weighted by Gasteiger charge is -2.31. The molecule has 1 amide bonds. The van der Waals surface area contributed by atoms with Gasteiger partial charge in [-0.2, -0.15) is 0 Å². The summed E-state index contributed by atoms with van der Waals surface area (Å²) in [6, 6.07) is 6.78. The van der Waals surface area contributed by atoms with Gasteiger partial charge < -0.3 is 30.1 Å². The third-order valence-electron chi connectivity index (χ3n) is 7.69. The highest BCUT2D eigenvalue weighted by Crippen LogP contribution is 2.25. The first-order chi connectivity index (χ1) is 19.3. The van der Waals surface area contributed by atoms with Gasteiger partial charge in [0.2, 0.25) is 5.91 Å². The van der Waals surface area contributed by atoms with Gasteiger partial charge in [-0.25, -0.2) is 0 Å². The predicted molar refractivity (Wildman–Crippen MR) is 153 cm³/mol. The monoisotopic (exact) mass is 562 g/mol. The molecule has 9 heteroatoms. The second-order valence-electron chi connectivity index (χ2n) is 11.0. The Morgan fingerprint density at radius 1 is 1.18 bits per heavy atom. The average Bonchev–Trinajstić information content (AvgIpc) is 3.37. The van der Waals surface area contributed by atoms with E-state index in [0.29, 0.717) is 71.2 Å². The Kier molecular flexibility index (Phi) is 13.6. The summed E-state index contributed by atoms with van der Waals surface area (Å²) in [6.45, 7) is 3.82. The summed E-state index contributed by atoms with van der Waals surface area (Å²) >= 11 is 0. The van der Waals surface area contributed by atoms with Gasteiger partial charge in [-0.1, -0.05) is 43.7 Å². The Bertz CT molecular complexity index is 956. The minimum absolute atomic E-state index is 0.0297. The van der Waals surface area contributed by atoms with E-state index in [-0.39, 0.29) is 24.6 Å². The van der Waals surface area contributed by atoms with Crippen LogP contribution >= 0.6 is 0 Å². The number of hydrogen-bond donors (Lipinski definition) is 4. The number of alkyl halides is 1. The van der Waals surface area contributed by atoms with E-state index in [9.17, 15) is 24.5 Å². The molecule has 0 saturated carbocycles. The molecule has 3 rings (SSSR count). The van der Waals surface area contributed by atoms with Gasteiger partial charge in [0.25, 0.3) is 0 Å². The fraction of sp³-hybridized carbons (Fsp3) is 0.645. The fourth-order valence-corrected chi connectivity index (χ4v) is 5.26. The molecule has 1 aliphatic heterocycles. The van der Waals surface area contributed by atoms with E-state index in [0.717, 1.165) is 16.9 Å². The van der Waals surface area contributed by atoms with Crippen molar-refractivity contribution in [3.63, 3.8) is 0 Å². The largest absolute Gasteiger partial charge is 0.497 e. The van der Waals surface area contributed by atoms with Gasteiger partial charge in [-0.05, 0) is 55.4 Å². The lowest BCUT2D eigenvalue weighted by molar-refractivity contribution is -0.122. The van der Waals surface area contributed by atoms with Crippen molar-refractivity contribution in [3.05, 3.63) is 53.6 Å². The van der Waals surface area contributed by atoms with Crippen molar-refractivity contribution >= 4 is 5.91 Å². The summed E-state index contributed by atoms with van der Waals surface area (Å²) in [5.41, 5.74) is 1.54. The lowest BCUT2D eigenvalue weighted by Crippen LogP contribution is -2.51. The van der Waals surface area contributed by atoms with E-state index in [4.69, 9.17) is 9.47 Å². The number of unbranched alkanes of at least 4 members (excludes halogenated alkanes) is 2. The van der Waals surface area contributed by atoms with Crippen LogP contribution in [-0.2, 0) is 9.53 Å². The number of carbonyl (C=O) groups is 1. The van der Waals surface area contributed by atoms with E-state index >= 15 is 0 Å². The zero-order valence-corrected chi connectivity index (χ0v) is 23.9. The van der Waals surface area contributed by atoms with Gasteiger partial charge in [0, 0.05) is 38.6 Å².